The van der Waals surface area contributed by atoms with Crippen molar-refractivity contribution in [3.8, 4) is 17.3 Å². The van der Waals surface area contributed by atoms with Crippen molar-refractivity contribution >= 4 is 5.82 Å². The van der Waals surface area contributed by atoms with E-state index in [0.29, 0.717) is 17.9 Å². The highest BCUT2D eigenvalue weighted by Crippen LogP contribution is 2.21. The van der Waals surface area contributed by atoms with E-state index in [1.165, 1.54) is 0 Å². The second kappa shape index (κ2) is 5.47. The van der Waals surface area contributed by atoms with Gasteiger partial charge in [-0.05, 0) is 29.8 Å². The van der Waals surface area contributed by atoms with Crippen molar-refractivity contribution in [2.75, 3.05) is 5.73 Å². The van der Waals surface area contributed by atoms with Crippen molar-refractivity contribution in [1.82, 2.24) is 14.5 Å². The summed E-state index contributed by atoms with van der Waals surface area (Å²) in [7, 11) is 0. The van der Waals surface area contributed by atoms with Gasteiger partial charge in [0.05, 0.1) is 29.9 Å². The van der Waals surface area contributed by atoms with E-state index in [-0.39, 0.29) is 0 Å². The van der Waals surface area contributed by atoms with Gasteiger partial charge >= 0.3 is 0 Å². The fraction of sp³-hybridized carbons (Fsp3) is 0.0625. The number of benzene rings is 1. The third-order valence-electron chi connectivity index (χ3n) is 3.20. The zero-order chi connectivity index (χ0) is 14.7. The van der Waals surface area contributed by atoms with Gasteiger partial charge in [0.1, 0.15) is 5.82 Å². The minimum atomic E-state index is 0.478. The highest BCUT2D eigenvalue weighted by Gasteiger charge is 2.06. The Balaban J connectivity index is 1.94. The maximum absolute atomic E-state index is 8.96. The van der Waals surface area contributed by atoms with Crippen LogP contribution in [-0.4, -0.2) is 14.5 Å². The lowest BCUT2D eigenvalue weighted by Crippen LogP contribution is -2.01. The topological polar surface area (TPSA) is 80.5 Å². The molecule has 1 aromatic carbocycles. The van der Waals surface area contributed by atoms with E-state index in [1.54, 1.807) is 24.8 Å². The van der Waals surface area contributed by atoms with Gasteiger partial charge < -0.3 is 10.3 Å². The molecule has 0 aliphatic heterocycles. The molecule has 0 fully saturated rings. The molecule has 0 aliphatic carbocycles. The Morgan fingerprint density at radius 2 is 2.14 bits per heavy atom. The summed E-state index contributed by atoms with van der Waals surface area (Å²) in [5.74, 6) is 0.478. The molecule has 0 saturated heterocycles. The van der Waals surface area contributed by atoms with E-state index in [0.717, 1.165) is 16.8 Å². The molecule has 5 nitrogen and oxygen atoms in total. The van der Waals surface area contributed by atoms with Crippen LogP contribution in [0.2, 0.25) is 0 Å². The van der Waals surface area contributed by atoms with Crippen molar-refractivity contribution in [2.45, 2.75) is 6.54 Å². The number of aromatic nitrogens is 3. The zero-order valence-electron chi connectivity index (χ0n) is 11.3. The molecule has 0 spiro atoms. The lowest BCUT2D eigenvalue weighted by atomic mass is 10.1. The molecule has 0 radical (unpaired) electrons. The summed E-state index contributed by atoms with van der Waals surface area (Å²) < 4.78 is 2.02. The molecule has 0 atom stereocenters. The first kappa shape index (κ1) is 12.9. The van der Waals surface area contributed by atoms with Gasteiger partial charge in [0.2, 0.25) is 0 Å². The summed E-state index contributed by atoms with van der Waals surface area (Å²) in [6.45, 7) is 0.646. The standard InChI is InChI=1S/C16H13N5/c17-8-12-2-1-3-13(6-12)10-21-11-19-9-15(21)14-4-5-20-16(18)7-14/h1-7,9,11H,10H2,(H2,18,20). The van der Waals surface area contributed by atoms with Gasteiger partial charge in [-0.25, -0.2) is 9.97 Å². The molecule has 5 heteroatoms. The van der Waals surface area contributed by atoms with Gasteiger partial charge in [-0.15, -0.1) is 0 Å². The molecule has 102 valence electrons. The summed E-state index contributed by atoms with van der Waals surface area (Å²) in [5, 5.41) is 8.96. The van der Waals surface area contributed by atoms with Crippen molar-refractivity contribution in [2.24, 2.45) is 0 Å². The largest absolute Gasteiger partial charge is 0.384 e. The van der Waals surface area contributed by atoms with Crippen LogP contribution >= 0.6 is 0 Å². The molecule has 2 N–H and O–H groups in total. The fourth-order valence-corrected chi connectivity index (χ4v) is 2.23. The van der Waals surface area contributed by atoms with Crippen LogP contribution < -0.4 is 5.73 Å². The van der Waals surface area contributed by atoms with E-state index < -0.39 is 0 Å². The van der Waals surface area contributed by atoms with Crippen LogP contribution in [-0.2, 0) is 6.54 Å². The Bertz CT molecular complexity index is 813. The minimum absolute atomic E-state index is 0.478. The first-order valence-corrected chi connectivity index (χ1v) is 6.47. The zero-order valence-corrected chi connectivity index (χ0v) is 11.3. The van der Waals surface area contributed by atoms with Gasteiger partial charge in [0.15, 0.2) is 0 Å². The number of hydrogen-bond donors (Lipinski definition) is 1. The van der Waals surface area contributed by atoms with Crippen LogP contribution in [0, 0.1) is 11.3 Å². The predicted molar refractivity (Wildman–Crippen MR) is 80.1 cm³/mol. The van der Waals surface area contributed by atoms with Crippen LogP contribution in [0.1, 0.15) is 11.1 Å². The van der Waals surface area contributed by atoms with Crippen LogP contribution in [0.4, 0.5) is 5.82 Å². The number of nitrogens with two attached hydrogens (primary N) is 1. The quantitative estimate of drug-likeness (QED) is 0.796. The Morgan fingerprint density at radius 3 is 2.95 bits per heavy atom. The van der Waals surface area contributed by atoms with Gasteiger partial charge in [0, 0.05) is 18.3 Å². The number of hydrogen-bond acceptors (Lipinski definition) is 4. The number of nitrogens with zero attached hydrogens (tertiary/aromatic N) is 4. The number of pyridine rings is 1. The molecule has 0 aliphatic rings. The first-order chi connectivity index (χ1) is 10.3. The second-order valence-corrected chi connectivity index (χ2v) is 4.69. The van der Waals surface area contributed by atoms with Crippen LogP contribution in [0.3, 0.4) is 0 Å². The third kappa shape index (κ3) is 2.74. The Labute approximate surface area is 122 Å². The lowest BCUT2D eigenvalue weighted by Gasteiger charge is -2.09. The summed E-state index contributed by atoms with van der Waals surface area (Å²) in [4.78, 5) is 8.20. The third-order valence-corrected chi connectivity index (χ3v) is 3.20. The molecule has 21 heavy (non-hydrogen) atoms. The average molecular weight is 275 g/mol. The smallest absolute Gasteiger partial charge is 0.123 e. The normalized spacial score (nSPS) is 10.2. The van der Waals surface area contributed by atoms with Crippen molar-refractivity contribution < 1.29 is 0 Å². The maximum atomic E-state index is 8.96. The second-order valence-electron chi connectivity index (χ2n) is 4.69. The van der Waals surface area contributed by atoms with E-state index >= 15 is 0 Å². The first-order valence-electron chi connectivity index (χ1n) is 6.47. The number of imidazole rings is 1. The summed E-state index contributed by atoms with van der Waals surface area (Å²) in [6, 6.07) is 13.4. The molecule has 3 rings (SSSR count). The van der Waals surface area contributed by atoms with Gasteiger partial charge in [0.25, 0.3) is 0 Å². The lowest BCUT2D eigenvalue weighted by molar-refractivity contribution is 0.804. The van der Waals surface area contributed by atoms with Crippen molar-refractivity contribution in [3.05, 3.63) is 66.2 Å². The summed E-state index contributed by atoms with van der Waals surface area (Å²) >= 11 is 0. The molecule has 3 aromatic rings. The predicted octanol–water partition coefficient (Wildman–Crippen LogP) is 2.45. The van der Waals surface area contributed by atoms with Gasteiger partial charge in [-0.3, -0.25) is 0 Å². The Morgan fingerprint density at radius 1 is 1.24 bits per heavy atom. The van der Waals surface area contributed by atoms with E-state index in [1.807, 2.05) is 34.9 Å². The monoisotopic (exact) mass is 275 g/mol. The van der Waals surface area contributed by atoms with Crippen LogP contribution in [0.15, 0.2) is 55.1 Å². The molecule has 0 unspecified atom stereocenters. The molecular weight excluding hydrogens is 262 g/mol. The maximum Gasteiger partial charge on any atom is 0.123 e. The highest BCUT2D eigenvalue weighted by atomic mass is 15.0. The number of nitrogen functional groups attached to an aromatic ring is 1. The minimum Gasteiger partial charge on any atom is -0.384 e. The van der Waals surface area contributed by atoms with E-state index in [4.69, 9.17) is 11.0 Å². The average Bonchev–Trinajstić information content (AvgIpc) is 2.95. The van der Waals surface area contributed by atoms with Crippen molar-refractivity contribution in [1.29, 1.82) is 5.26 Å². The number of nitriles is 1. The summed E-state index contributed by atoms with van der Waals surface area (Å²) in [5.41, 5.74) is 9.37. The fourth-order valence-electron chi connectivity index (χ4n) is 2.23. The Hall–Kier alpha value is -3.13. The van der Waals surface area contributed by atoms with Gasteiger partial charge in [-0.2, -0.15) is 5.26 Å². The molecule has 2 heterocycles. The van der Waals surface area contributed by atoms with E-state index in [9.17, 15) is 0 Å². The molecule has 0 amide bonds. The van der Waals surface area contributed by atoms with Gasteiger partial charge in [-0.1, -0.05) is 12.1 Å². The SMILES string of the molecule is N#Cc1cccc(Cn2cncc2-c2ccnc(N)c2)c1. The summed E-state index contributed by atoms with van der Waals surface area (Å²) in [6.07, 6.45) is 5.24. The molecule has 2 aromatic heterocycles. The molecule has 0 saturated carbocycles. The number of anilines is 1. The molecular formula is C16H13N5. The van der Waals surface area contributed by atoms with Crippen LogP contribution in [0.25, 0.3) is 11.3 Å². The van der Waals surface area contributed by atoms with Crippen LogP contribution in [0.5, 0.6) is 0 Å². The number of rotatable bonds is 3. The molecule has 0 bridgehead atoms. The van der Waals surface area contributed by atoms with E-state index in [2.05, 4.69) is 16.0 Å². The van der Waals surface area contributed by atoms with Crippen molar-refractivity contribution in [3.63, 3.8) is 0 Å². The Kier molecular flexibility index (Phi) is 3.36. The highest BCUT2D eigenvalue weighted by molar-refractivity contribution is 5.61.